The maximum Gasteiger partial charge on any atom is 0.153 e. The third kappa shape index (κ3) is 3.56. The van der Waals surface area contributed by atoms with E-state index in [1.165, 1.54) is 0 Å². The molecule has 0 amide bonds. The largest absolute Gasteiger partial charge is 0.409 e. The van der Waals surface area contributed by atoms with E-state index in [0.29, 0.717) is 0 Å². The first-order valence-corrected chi connectivity index (χ1v) is 5.29. The predicted octanol–water partition coefficient (Wildman–Crippen LogP) is -0.0539. The Kier molecular flexibility index (Phi) is 4.02. The van der Waals surface area contributed by atoms with Gasteiger partial charge in [0.05, 0.1) is 11.0 Å². The Labute approximate surface area is 72.2 Å². The predicted molar refractivity (Wildman–Crippen MR) is 46.9 cm³/mol. The molecule has 0 saturated heterocycles. The van der Waals surface area contributed by atoms with Crippen LogP contribution >= 0.6 is 0 Å². The maximum atomic E-state index is 11.2. The first-order valence-electron chi connectivity index (χ1n) is 3.58. The van der Waals surface area contributed by atoms with Crippen molar-refractivity contribution in [1.82, 2.24) is 0 Å². The third-order valence-electron chi connectivity index (χ3n) is 1.49. The lowest BCUT2D eigenvalue weighted by molar-refractivity contribution is 0.317. The zero-order valence-electron chi connectivity index (χ0n) is 7.19. The fourth-order valence-electron chi connectivity index (χ4n) is 0.533. The van der Waals surface area contributed by atoms with Gasteiger partial charge in [-0.15, -0.1) is 0 Å². The molecular formula is C6H14N2O3S. The molecule has 0 spiro atoms. The summed E-state index contributed by atoms with van der Waals surface area (Å²) in [7, 11) is -3.08. The van der Waals surface area contributed by atoms with E-state index in [0.717, 1.165) is 0 Å². The molecule has 0 bridgehead atoms. The molecule has 0 aromatic carbocycles. The fraction of sp³-hybridized carbons (Fsp3) is 0.833. The molecule has 0 atom stereocenters. The monoisotopic (exact) mass is 194 g/mol. The average Bonchev–Trinajstić information content (AvgIpc) is 2.00. The molecule has 0 aromatic rings. The summed E-state index contributed by atoms with van der Waals surface area (Å²) >= 11 is 0. The van der Waals surface area contributed by atoms with Gasteiger partial charge in [-0.05, 0) is 13.8 Å². The van der Waals surface area contributed by atoms with E-state index in [9.17, 15) is 8.42 Å². The number of oxime groups is 1. The Morgan fingerprint density at radius 3 is 2.42 bits per heavy atom. The van der Waals surface area contributed by atoms with Crippen molar-refractivity contribution in [2.75, 3.05) is 5.75 Å². The first kappa shape index (κ1) is 11.2. The highest BCUT2D eigenvalue weighted by atomic mass is 32.2. The zero-order chi connectivity index (χ0) is 9.78. The normalized spacial score (nSPS) is 13.8. The number of amidine groups is 1. The Bertz CT molecular complexity index is 256. The second-order valence-corrected chi connectivity index (χ2v) is 5.43. The van der Waals surface area contributed by atoms with E-state index in [1.807, 2.05) is 0 Å². The van der Waals surface area contributed by atoms with Gasteiger partial charge in [-0.2, -0.15) is 0 Å². The molecule has 6 heteroatoms. The molecule has 0 aliphatic rings. The van der Waals surface area contributed by atoms with E-state index < -0.39 is 15.1 Å². The molecule has 0 aliphatic carbocycles. The van der Waals surface area contributed by atoms with Crippen molar-refractivity contribution in [2.45, 2.75) is 25.5 Å². The summed E-state index contributed by atoms with van der Waals surface area (Å²) < 4.78 is 22.3. The summed E-state index contributed by atoms with van der Waals surface area (Å²) in [5, 5.41) is 10.4. The van der Waals surface area contributed by atoms with Crippen LogP contribution in [0, 0.1) is 0 Å². The maximum absolute atomic E-state index is 11.2. The topological polar surface area (TPSA) is 92.8 Å². The van der Waals surface area contributed by atoms with E-state index in [2.05, 4.69) is 5.16 Å². The van der Waals surface area contributed by atoms with Gasteiger partial charge >= 0.3 is 0 Å². The van der Waals surface area contributed by atoms with Crippen LogP contribution in [0.15, 0.2) is 5.16 Å². The van der Waals surface area contributed by atoms with Gasteiger partial charge in [0.25, 0.3) is 0 Å². The molecule has 12 heavy (non-hydrogen) atoms. The quantitative estimate of drug-likeness (QED) is 0.284. The van der Waals surface area contributed by atoms with Crippen molar-refractivity contribution in [3.05, 3.63) is 0 Å². The minimum absolute atomic E-state index is 0.0563. The molecule has 0 radical (unpaired) electrons. The molecule has 0 fully saturated rings. The van der Waals surface area contributed by atoms with Gasteiger partial charge in [0.2, 0.25) is 0 Å². The van der Waals surface area contributed by atoms with Gasteiger partial charge in [0, 0.05) is 6.42 Å². The van der Waals surface area contributed by atoms with Crippen LogP contribution in [0.2, 0.25) is 0 Å². The Morgan fingerprint density at radius 1 is 1.58 bits per heavy atom. The molecule has 0 heterocycles. The zero-order valence-corrected chi connectivity index (χ0v) is 8.00. The minimum Gasteiger partial charge on any atom is -0.409 e. The number of hydrogen-bond acceptors (Lipinski definition) is 4. The molecule has 0 aliphatic heterocycles. The lowest BCUT2D eigenvalue weighted by atomic mass is 10.5. The van der Waals surface area contributed by atoms with Crippen LogP contribution in [0.4, 0.5) is 0 Å². The number of sulfone groups is 1. The highest BCUT2D eigenvalue weighted by molar-refractivity contribution is 7.91. The molecule has 0 aromatic heterocycles. The van der Waals surface area contributed by atoms with Crippen molar-refractivity contribution >= 4 is 15.7 Å². The average molecular weight is 194 g/mol. The highest BCUT2D eigenvalue weighted by Crippen LogP contribution is 2.02. The Balaban J connectivity index is 4.12. The standard InChI is InChI=1S/C6H14N2O3S/c1-5(2)12(10,11)4-3-6(7)8-9/h5,9H,3-4H2,1-2H3,(H2,7,8). The van der Waals surface area contributed by atoms with Gasteiger partial charge < -0.3 is 10.9 Å². The van der Waals surface area contributed by atoms with Crippen LogP contribution < -0.4 is 5.73 Å². The summed E-state index contributed by atoms with van der Waals surface area (Å²) in [5.41, 5.74) is 5.12. The van der Waals surface area contributed by atoms with Crippen LogP contribution in [-0.2, 0) is 9.84 Å². The van der Waals surface area contributed by atoms with Crippen molar-refractivity contribution in [3.63, 3.8) is 0 Å². The van der Waals surface area contributed by atoms with Gasteiger partial charge in [-0.3, -0.25) is 0 Å². The van der Waals surface area contributed by atoms with Crippen LogP contribution in [0.1, 0.15) is 20.3 Å². The molecule has 72 valence electrons. The second kappa shape index (κ2) is 4.30. The summed E-state index contributed by atoms with van der Waals surface area (Å²) in [4.78, 5) is 0. The number of rotatable bonds is 4. The van der Waals surface area contributed by atoms with Crippen molar-refractivity contribution in [2.24, 2.45) is 10.9 Å². The summed E-state index contributed by atoms with van der Waals surface area (Å²) in [6, 6.07) is 0. The highest BCUT2D eigenvalue weighted by Gasteiger charge is 2.15. The van der Waals surface area contributed by atoms with Crippen molar-refractivity contribution in [1.29, 1.82) is 0 Å². The molecule has 3 N–H and O–H groups in total. The van der Waals surface area contributed by atoms with Crippen LogP contribution in [0.5, 0.6) is 0 Å². The summed E-state index contributed by atoms with van der Waals surface area (Å²) in [6.07, 6.45) is 0.0804. The third-order valence-corrected chi connectivity index (χ3v) is 3.70. The van der Waals surface area contributed by atoms with E-state index in [4.69, 9.17) is 10.9 Å². The minimum atomic E-state index is -3.08. The molecule has 0 saturated carbocycles. The van der Waals surface area contributed by atoms with Crippen molar-refractivity contribution < 1.29 is 13.6 Å². The molecule has 5 nitrogen and oxygen atoms in total. The Morgan fingerprint density at radius 2 is 2.08 bits per heavy atom. The first-order chi connectivity index (χ1) is 5.40. The lowest BCUT2D eigenvalue weighted by Gasteiger charge is -2.05. The van der Waals surface area contributed by atoms with Crippen LogP contribution in [0.3, 0.4) is 0 Å². The summed E-state index contributed by atoms with van der Waals surface area (Å²) in [6.45, 7) is 3.20. The molecule has 0 unspecified atom stereocenters. The van der Waals surface area contributed by atoms with E-state index >= 15 is 0 Å². The van der Waals surface area contributed by atoms with Gasteiger partial charge in [0.15, 0.2) is 9.84 Å². The Hall–Kier alpha value is -0.780. The van der Waals surface area contributed by atoms with Crippen molar-refractivity contribution in [3.8, 4) is 0 Å². The number of nitrogens with zero attached hydrogens (tertiary/aromatic N) is 1. The SMILES string of the molecule is CC(C)S(=O)(=O)CCC(N)=NO. The van der Waals surface area contributed by atoms with Gasteiger partial charge in [0.1, 0.15) is 5.84 Å². The van der Waals surface area contributed by atoms with Crippen LogP contribution in [0.25, 0.3) is 0 Å². The molecule has 0 rings (SSSR count). The summed E-state index contributed by atoms with van der Waals surface area (Å²) in [5.74, 6) is -0.125. The van der Waals surface area contributed by atoms with Crippen LogP contribution in [-0.4, -0.2) is 30.5 Å². The lowest BCUT2D eigenvalue weighted by Crippen LogP contribution is -2.22. The fourth-order valence-corrected chi connectivity index (χ4v) is 1.50. The number of nitrogens with two attached hydrogens (primary N) is 1. The smallest absolute Gasteiger partial charge is 0.153 e. The van der Waals surface area contributed by atoms with E-state index in [-0.39, 0.29) is 18.0 Å². The second-order valence-electron chi connectivity index (χ2n) is 2.76. The number of hydrogen-bond donors (Lipinski definition) is 2. The van der Waals surface area contributed by atoms with Gasteiger partial charge in [-0.1, -0.05) is 5.16 Å². The van der Waals surface area contributed by atoms with Gasteiger partial charge in [-0.25, -0.2) is 8.42 Å². The van der Waals surface area contributed by atoms with E-state index in [1.54, 1.807) is 13.8 Å². The molecular weight excluding hydrogens is 180 g/mol.